The highest BCUT2D eigenvalue weighted by Gasteiger charge is 2.33. The van der Waals surface area contributed by atoms with Gasteiger partial charge in [0.1, 0.15) is 29.4 Å². The van der Waals surface area contributed by atoms with Crippen molar-refractivity contribution in [1.29, 1.82) is 0 Å². The van der Waals surface area contributed by atoms with Crippen LogP contribution in [0.2, 0.25) is 0 Å². The first-order chi connectivity index (χ1) is 18.5. The molecule has 1 atom stereocenters. The summed E-state index contributed by atoms with van der Waals surface area (Å²) in [5, 5.41) is 8.81. The Morgan fingerprint density at radius 2 is 1.87 bits per heavy atom. The molecule has 3 aromatic rings. The lowest BCUT2D eigenvalue weighted by Crippen LogP contribution is -2.41. The number of aliphatic carboxylic acids is 1. The van der Waals surface area contributed by atoms with Crippen molar-refractivity contribution in [1.82, 2.24) is 9.88 Å². The molecule has 1 amide bonds. The van der Waals surface area contributed by atoms with Gasteiger partial charge in [0, 0.05) is 18.3 Å². The molecule has 0 radical (unpaired) electrons. The molecule has 8 nitrogen and oxygen atoms in total. The molecule has 11 heteroatoms. The van der Waals surface area contributed by atoms with Gasteiger partial charge in [-0.05, 0) is 54.4 Å². The Morgan fingerprint density at radius 1 is 1.13 bits per heavy atom. The number of carbonyl (C=O) groups is 2. The standard InChI is InChI=1S/C28H27F3N2O6/c1-17(2)13-33-14-22(15-37-21-5-3-4-19(12-21)28(29,30)31)39-23-10-11-32-26(25(23)27(33)36)18-6-8-20(9-7-18)38-16-24(34)35/h3-12,17,22H,13-16H2,1-2H3,(H,34,35). The van der Waals surface area contributed by atoms with Crippen molar-refractivity contribution in [2.24, 2.45) is 5.92 Å². The Labute approximate surface area is 222 Å². The van der Waals surface area contributed by atoms with Gasteiger partial charge in [-0.1, -0.05) is 19.9 Å². The van der Waals surface area contributed by atoms with Crippen molar-refractivity contribution in [3.8, 4) is 28.5 Å². The molecule has 0 saturated heterocycles. The first-order valence-corrected chi connectivity index (χ1v) is 12.2. The molecule has 0 aliphatic carbocycles. The molecule has 1 aromatic heterocycles. The van der Waals surface area contributed by atoms with Crippen molar-refractivity contribution in [3.63, 3.8) is 0 Å². The van der Waals surface area contributed by atoms with Gasteiger partial charge in [-0.2, -0.15) is 13.2 Å². The van der Waals surface area contributed by atoms with Crippen molar-refractivity contribution in [3.05, 3.63) is 71.9 Å². The van der Waals surface area contributed by atoms with Crippen molar-refractivity contribution >= 4 is 11.9 Å². The van der Waals surface area contributed by atoms with Gasteiger partial charge in [0.2, 0.25) is 0 Å². The zero-order valence-corrected chi connectivity index (χ0v) is 21.3. The molecule has 2 aromatic carbocycles. The van der Waals surface area contributed by atoms with Crippen LogP contribution in [0.1, 0.15) is 29.8 Å². The summed E-state index contributed by atoms with van der Waals surface area (Å²) in [6.07, 6.45) is -3.66. The molecule has 39 heavy (non-hydrogen) atoms. The van der Waals surface area contributed by atoms with E-state index in [-0.39, 0.29) is 42.0 Å². The van der Waals surface area contributed by atoms with Crippen LogP contribution in [0, 0.1) is 5.92 Å². The maximum absolute atomic E-state index is 13.7. The Balaban J connectivity index is 1.61. The predicted molar refractivity (Wildman–Crippen MR) is 135 cm³/mol. The highest BCUT2D eigenvalue weighted by molar-refractivity contribution is 6.02. The highest BCUT2D eigenvalue weighted by atomic mass is 19.4. The fourth-order valence-corrected chi connectivity index (χ4v) is 4.16. The van der Waals surface area contributed by atoms with E-state index in [1.165, 1.54) is 18.3 Å². The number of ether oxygens (including phenoxy) is 3. The molecule has 1 unspecified atom stereocenters. The quantitative estimate of drug-likeness (QED) is 0.397. The number of rotatable bonds is 9. The summed E-state index contributed by atoms with van der Waals surface area (Å²) in [5.74, 6) is -0.603. The second-order valence-electron chi connectivity index (χ2n) is 9.42. The molecule has 1 N–H and O–H groups in total. The number of hydrogen-bond acceptors (Lipinski definition) is 6. The van der Waals surface area contributed by atoms with E-state index in [4.69, 9.17) is 19.3 Å². The zero-order chi connectivity index (χ0) is 28.2. The minimum Gasteiger partial charge on any atom is -0.490 e. The number of hydrogen-bond donors (Lipinski definition) is 1. The topological polar surface area (TPSA) is 98.2 Å². The molecule has 4 rings (SSSR count). The second-order valence-corrected chi connectivity index (χ2v) is 9.42. The largest absolute Gasteiger partial charge is 0.490 e. The van der Waals surface area contributed by atoms with Crippen molar-refractivity contribution in [2.45, 2.75) is 26.1 Å². The molecule has 1 aliphatic rings. The molecule has 0 saturated carbocycles. The number of benzene rings is 2. The van der Waals surface area contributed by atoms with Gasteiger partial charge >= 0.3 is 12.1 Å². The first-order valence-electron chi connectivity index (χ1n) is 12.2. The Bertz CT molecular complexity index is 1330. The maximum Gasteiger partial charge on any atom is 0.416 e. The van der Waals surface area contributed by atoms with Gasteiger partial charge in [0.15, 0.2) is 12.7 Å². The normalized spacial score (nSPS) is 15.4. The number of carbonyl (C=O) groups excluding carboxylic acids is 1. The SMILES string of the molecule is CC(C)CN1CC(COc2cccc(C(F)(F)F)c2)Oc2ccnc(-c3ccc(OCC(=O)O)cc3)c2C1=O. The van der Waals surface area contributed by atoms with Crippen LogP contribution in [0.15, 0.2) is 60.8 Å². The minimum absolute atomic E-state index is 0.0419. The number of nitrogens with zero attached hydrogens (tertiary/aromatic N) is 2. The lowest BCUT2D eigenvalue weighted by molar-refractivity contribution is -0.139. The number of amides is 1. The van der Waals surface area contributed by atoms with Gasteiger partial charge in [-0.3, -0.25) is 9.78 Å². The summed E-state index contributed by atoms with van der Waals surface area (Å²) in [6, 6.07) is 12.7. The van der Waals surface area contributed by atoms with Crippen LogP contribution in [0.3, 0.4) is 0 Å². The lowest BCUT2D eigenvalue weighted by atomic mass is 10.0. The number of carboxylic acids is 1. The van der Waals surface area contributed by atoms with E-state index in [9.17, 15) is 22.8 Å². The number of carboxylic acid groups (broad SMARTS) is 1. The number of alkyl halides is 3. The van der Waals surface area contributed by atoms with Gasteiger partial charge in [-0.15, -0.1) is 0 Å². The molecule has 206 valence electrons. The molecule has 0 fully saturated rings. The fraction of sp³-hybridized carbons (Fsp3) is 0.321. The zero-order valence-electron chi connectivity index (χ0n) is 21.3. The van der Waals surface area contributed by atoms with E-state index in [0.717, 1.165) is 12.1 Å². The number of halogens is 3. The van der Waals surface area contributed by atoms with Crippen LogP contribution in [-0.4, -0.2) is 59.3 Å². The summed E-state index contributed by atoms with van der Waals surface area (Å²) < 4.78 is 56.3. The molecule has 1 aliphatic heterocycles. The molecule has 0 spiro atoms. The van der Waals surface area contributed by atoms with Crippen molar-refractivity contribution in [2.75, 3.05) is 26.3 Å². The van der Waals surface area contributed by atoms with Gasteiger partial charge in [0.25, 0.3) is 5.91 Å². The van der Waals surface area contributed by atoms with E-state index >= 15 is 0 Å². The Kier molecular flexibility index (Phi) is 8.27. The van der Waals surface area contributed by atoms with Crippen LogP contribution in [0.25, 0.3) is 11.3 Å². The van der Waals surface area contributed by atoms with E-state index in [1.807, 2.05) is 13.8 Å². The average Bonchev–Trinajstić information content (AvgIpc) is 3.02. The smallest absolute Gasteiger partial charge is 0.416 e. The average molecular weight is 545 g/mol. The van der Waals surface area contributed by atoms with E-state index in [1.54, 1.807) is 35.2 Å². The third kappa shape index (κ3) is 6.98. The van der Waals surface area contributed by atoms with Crippen LogP contribution in [0.5, 0.6) is 17.2 Å². The highest BCUT2D eigenvalue weighted by Crippen LogP contribution is 2.34. The molecular formula is C28H27F3N2O6. The summed E-state index contributed by atoms with van der Waals surface area (Å²) in [4.78, 5) is 30.6. The Morgan fingerprint density at radius 3 is 2.54 bits per heavy atom. The summed E-state index contributed by atoms with van der Waals surface area (Å²) >= 11 is 0. The minimum atomic E-state index is -4.50. The Hall–Kier alpha value is -4.28. The van der Waals surface area contributed by atoms with Crippen LogP contribution in [-0.2, 0) is 11.0 Å². The van der Waals surface area contributed by atoms with E-state index in [2.05, 4.69) is 4.98 Å². The maximum atomic E-state index is 13.7. The van der Waals surface area contributed by atoms with Crippen LogP contribution < -0.4 is 14.2 Å². The summed E-state index contributed by atoms with van der Waals surface area (Å²) in [7, 11) is 0. The van der Waals surface area contributed by atoms with E-state index in [0.29, 0.717) is 23.6 Å². The second kappa shape index (κ2) is 11.6. The number of fused-ring (bicyclic) bond motifs is 1. The van der Waals surface area contributed by atoms with Crippen LogP contribution >= 0.6 is 0 Å². The lowest BCUT2D eigenvalue weighted by Gasteiger charge is -2.26. The first kappa shape index (κ1) is 27.7. The predicted octanol–water partition coefficient (Wildman–Crippen LogP) is 5.17. The number of aromatic nitrogens is 1. The molecule has 2 heterocycles. The third-order valence-corrected chi connectivity index (χ3v) is 5.80. The molecular weight excluding hydrogens is 517 g/mol. The van der Waals surface area contributed by atoms with Gasteiger partial charge < -0.3 is 24.2 Å². The molecule has 0 bridgehead atoms. The van der Waals surface area contributed by atoms with Crippen molar-refractivity contribution < 1.29 is 42.1 Å². The summed E-state index contributed by atoms with van der Waals surface area (Å²) in [5.41, 5.74) is 0.392. The van der Waals surface area contributed by atoms with Gasteiger partial charge in [0.05, 0.1) is 17.8 Å². The van der Waals surface area contributed by atoms with E-state index < -0.39 is 30.4 Å². The number of pyridine rings is 1. The fourth-order valence-electron chi connectivity index (χ4n) is 4.16. The van der Waals surface area contributed by atoms with Crippen LogP contribution in [0.4, 0.5) is 13.2 Å². The third-order valence-electron chi connectivity index (χ3n) is 5.80. The summed E-state index contributed by atoms with van der Waals surface area (Å²) in [6.45, 7) is 3.93. The van der Waals surface area contributed by atoms with Gasteiger partial charge in [-0.25, -0.2) is 4.79 Å². The monoisotopic (exact) mass is 544 g/mol.